The van der Waals surface area contributed by atoms with Crippen LogP contribution >= 0.6 is 0 Å². The molecule has 4 N–H and O–H groups in total. The Kier molecular flexibility index (Phi) is 13.0. The number of Topliss-reactive ketones (excluding diaryl/α,β-unsaturated/α-hetero) is 1. The van der Waals surface area contributed by atoms with Crippen LogP contribution in [0.1, 0.15) is 74.1 Å². The number of methoxy groups -OCH3 is 1. The molecule has 5 rings (SSSR count). The summed E-state index contributed by atoms with van der Waals surface area (Å²) in [7, 11) is 1.54. The molecule has 53 heavy (non-hydrogen) atoms. The summed E-state index contributed by atoms with van der Waals surface area (Å²) in [6.45, 7) is 13.9. The number of nitrogens with one attached hydrogen (secondary N) is 1. The van der Waals surface area contributed by atoms with Crippen molar-refractivity contribution in [3.05, 3.63) is 37.1 Å². The zero-order valence-corrected chi connectivity index (χ0v) is 32.3. The molecule has 5 heterocycles. The van der Waals surface area contributed by atoms with Gasteiger partial charge in [0, 0.05) is 62.4 Å². The number of carbonyl (C=O) groups is 3. The van der Waals surface area contributed by atoms with Crippen molar-refractivity contribution in [1.82, 2.24) is 24.8 Å². The molecule has 0 spiro atoms. The van der Waals surface area contributed by atoms with Gasteiger partial charge in [-0.3, -0.25) is 19.5 Å². The van der Waals surface area contributed by atoms with E-state index < -0.39 is 77.6 Å². The van der Waals surface area contributed by atoms with Crippen molar-refractivity contribution in [3.63, 3.8) is 0 Å². The van der Waals surface area contributed by atoms with Crippen molar-refractivity contribution in [2.24, 2.45) is 17.6 Å². The molecular weight excluding hydrogens is 684 g/mol. The monoisotopic (exact) mass is 742 g/mol. The lowest BCUT2D eigenvalue weighted by atomic mass is 9.79. The second kappa shape index (κ2) is 16.9. The van der Waals surface area contributed by atoms with Crippen LogP contribution < -0.4 is 11.1 Å². The number of aromatic nitrogens is 3. The number of carbonyl (C=O) groups excluding carboxylic acids is 3. The Labute approximate surface area is 312 Å². The molecule has 0 saturated carbocycles. The highest BCUT2D eigenvalue weighted by molar-refractivity contribution is 6.00. The normalized spacial score (nSPS) is 37.2. The summed E-state index contributed by atoms with van der Waals surface area (Å²) in [5.74, 6) is -3.18. The largest absolute Gasteiger partial charge is 0.458 e. The minimum atomic E-state index is -1.22. The molecule has 294 valence electrons. The Hall–Kier alpha value is -3.47. The highest BCUT2D eigenvalue weighted by Crippen LogP contribution is 2.40. The zero-order valence-electron chi connectivity index (χ0n) is 32.3. The Morgan fingerprint density at radius 1 is 1.13 bits per heavy atom. The first-order chi connectivity index (χ1) is 25.1. The Morgan fingerprint density at radius 3 is 2.51 bits per heavy atom. The first-order valence-corrected chi connectivity index (χ1v) is 18.8. The van der Waals surface area contributed by atoms with E-state index in [1.807, 2.05) is 57.5 Å². The molecule has 0 aromatic carbocycles. The van der Waals surface area contributed by atoms with Crippen LogP contribution in [-0.2, 0) is 39.8 Å². The number of imidazole rings is 1. The van der Waals surface area contributed by atoms with E-state index in [1.165, 1.54) is 6.92 Å². The van der Waals surface area contributed by atoms with Gasteiger partial charge in [-0.1, -0.05) is 13.8 Å². The molecule has 1 unspecified atom stereocenters. The van der Waals surface area contributed by atoms with E-state index in [4.69, 9.17) is 29.4 Å². The number of amides is 1. The minimum Gasteiger partial charge on any atom is -0.458 e. The second-order valence-corrected chi connectivity index (χ2v) is 15.4. The van der Waals surface area contributed by atoms with E-state index in [2.05, 4.69) is 15.3 Å². The molecule has 3 fully saturated rings. The molecule has 3 aliphatic heterocycles. The lowest BCUT2D eigenvalue weighted by molar-refractivity contribution is -0.237. The predicted molar refractivity (Wildman–Crippen MR) is 194 cm³/mol. The molecule has 0 radical (unpaired) electrons. The average Bonchev–Trinajstić information content (AvgIpc) is 3.81. The molecule has 0 bridgehead atoms. The van der Waals surface area contributed by atoms with Gasteiger partial charge in [0.15, 0.2) is 17.7 Å². The third kappa shape index (κ3) is 8.60. The van der Waals surface area contributed by atoms with Crippen molar-refractivity contribution < 1.29 is 43.2 Å². The van der Waals surface area contributed by atoms with Crippen LogP contribution in [0.4, 0.5) is 4.79 Å². The molecule has 3 saturated heterocycles. The van der Waals surface area contributed by atoms with E-state index in [-0.39, 0.29) is 18.7 Å². The smallest absolute Gasteiger partial charge is 0.410 e. The van der Waals surface area contributed by atoms with Gasteiger partial charge < -0.3 is 44.4 Å². The lowest BCUT2D eigenvalue weighted by Gasteiger charge is -2.45. The number of nitrogens with two attached hydrogens (primary N) is 1. The number of aliphatic hydroxyl groups is 1. The molecule has 12 atom stereocenters. The number of aliphatic hydroxyl groups excluding tert-OH is 1. The van der Waals surface area contributed by atoms with Gasteiger partial charge in [-0.05, 0) is 72.4 Å². The lowest BCUT2D eigenvalue weighted by Crippen LogP contribution is -2.62. The predicted octanol–water partition coefficient (Wildman–Crippen LogP) is 3.07. The van der Waals surface area contributed by atoms with Crippen molar-refractivity contribution in [2.45, 2.75) is 141 Å². The molecule has 3 aliphatic rings. The van der Waals surface area contributed by atoms with Gasteiger partial charge in [0.05, 0.1) is 42.4 Å². The van der Waals surface area contributed by atoms with E-state index in [9.17, 15) is 19.5 Å². The number of rotatable bonds is 10. The molecule has 15 heteroatoms. The summed E-state index contributed by atoms with van der Waals surface area (Å²) >= 11 is 0. The van der Waals surface area contributed by atoms with Gasteiger partial charge in [0.25, 0.3) is 0 Å². The van der Waals surface area contributed by atoms with Crippen LogP contribution in [0.15, 0.2) is 37.1 Å². The maximum Gasteiger partial charge on any atom is 0.410 e. The maximum absolute atomic E-state index is 14.0. The number of hydrogen-bond donors (Lipinski definition) is 3. The number of fused-ring (bicyclic) bond motifs is 1. The Balaban J connectivity index is 1.38. The summed E-state index contributed by atoms with van der Waals surface area (Å²) in [4.78, 5) is 52.0. The number of esters is 1. The van der Waals surface area contributed by atoms with Gasteiger partial charge in [0.1, 0.15) is 18.1 Å². The fourth-order valence-corrected chi connectivity index (χ4v) is 8.40. The topological polar surface area (TPSA) is 190 Å². The van der Waals surface area contributed by atoms with Crippen LogP contribution in [-0.4, -0.2) is 123 Å². The summed E-state index contributed by atoms with van der Waals surface area (Å²) in [6.07, 6.45) is 5.01. The molecule has 2 aromatic heterocycles. The van der Waals surface area contributed by atoms with Gasteiger partial charge in [-0.15, -0.1) is 0 Å². The van der Waals surface area contributed by atoms with Crippen LogP contribution in [0.3, 0.4) is 0 Å². The highest BCUT2D eigenvalue weighted by atomic mass is 16.7. The third-order valence-electron chi connectivity index (χ3n) is 11.3. The number of ether oxygens (including phenoxy) is 5. The maximum atomic E-state index is 14.0. The number of unbranched alkanes of at least 4 members (excludes halogenated alkanes) is 1. The summed E-state index contributed by atoms with van der Waals surface area (Å²) in [5.41, 5.74) is 5.47. The van der Waals surface area contributed by atoms with E-state index in [0.717, 1.165) is 17.7 Å². The fraction of sp³-hybridized carbons (Fsp3) is 0.711. The third-order valence-corrected chi connectivity index (χ3v) is 11.3. The highest BCUT2D eigenvalue weighted by Gasteiger charge is 2.59. The number of aryl methyl sites for hydroxylation is 1. The van der Waals surface area contributed by atoms with Crippen molar-refractivity contribution in [2.75, 3.05) is 20.3 Å². The zero-order chi connectivity index (χ0) is 38.7. The Morgan fingerprint density at radius 2 is 1.87 bits per heavy atom. The summed E-state index contributed by atoms with van der Waals surface area (Å²) in [6, 6.07) is 2.11. The van der Waals surface area contributed by atoms with Crippen molar-refractivity contribution in [3.8, 4) is 11.3 Å². The summed E-state index contributed by atoms with van der Waals surface area (Å²) < 4.78 is 32.4. The first-order valence-electron chi connectivity index (χ1n) is 18.8. The quantitative estimate of drug-likeness (QED) is 0.183. The SMILES string of the molecule is CC[C@@H]1OC(=O)[C@H](C)C(=O)[C@H](C)[C@@H](O[C@@H]2OC[C@H](N)C2O)[C@@](C)(OC)C[C@@H](C)N[C@@H](C)[C@H]2N(CCCCn3cnc(-c4cccnc4)c3)C(=O)O[C@]12C. The molecule has 0 aliphatic carbocycles. The van der Waals surface area contributed by atoms with Crippen LogP contribution in [0, 0.1) is 11.8 Å². The second-order valence-electron chi connectivity index (χ2n) is 15.4. The minimum absolute atomic E-state index is 0.0926. The standard InChI is InChI=1S/C38H58N6O9/c1-9-29-38(7)32(44(36(48)53-38)16-11-10-15-43-19-28(41-21-43)26-13-12-14-40-18-26)25(5)42-22(2)17-37(6,49-8)33(52-35-31(46)27(39)20-50-35)23(3)30(45)24(4)34(47)51-29/h12-14,18-19,21-25,27,29,31-33,35,42,46H,9-11,15-17,20,39H2,1-8H3/t22-,23+,24-,25+,27+,29+,31?,32-,33-,35+,37+,38-/m1/s1. The number of pyridine rings is 1. The van der Waals surface area contributed by atoms with E-state index in [0.29, 0.717) is 32.4 Å². The number of ketones is 1. The number of hydrogen-bond acceptors (Lipinski definition) is 13. The van der Waals surface area contributed by atoms with Crippen LogP contribution in [0.5, 0.6) is 0 Å². The van der Waals surface area contributed by atoms with Gasteiger partial charge in [-0.2, -0.15) is 0 Å². The van der Waals surface area contributed by atoms with Gasteiger partial charge in [0.2, 0.25) is 0 Å². The van der Waals surface area contributed by atoms with E-state index in [1.54, 1.807) is 37.7 Å². The van der Waals surface area contributed by atoms with Gasteiger partial charge >= 0.3 is 12.1 Å². The van der Waals surface area contributed by atoms with E-state index >= 15 is 0 Å². The average molecular weight is 743 g/mol. The molecular formula is C38H58N6O9. The fourth-order valence-electron chi connectivity index (χ4n) is 8.40. The molecule has 1 amide bonds. The number of cyclic esters (lactones) is 1. The van der Waals surface area contributed by atoms with Crippen LogP contribution in [0.2, 0.25) is 0 Å². The van der Waals surface area contributed by atoms with Gasteiger partial charge in [-0.25, -0.2) is 9.78 Å². The van der Waals surface area contributed by atoms with Crippen LogP contribution in [0.25, 0.3) is 11.3 Å². The molecule has 15 nitrogen and oxygen atoms in total. The summed E-state index contributed by atoms with van der Waals surface area (Å²) in [5, 5.41) is 14.4. The molecule has 2 aromatic rings. The first kappa shape index (κ1) is 40.7. The van der Waals surface area contributed by atoms with Crippen molar-refractivity contribution in [1.29, 1.82) is 0 Å². The van der Waals surface area contributed by atoms with Crippen molar-refractivity contribution >= 4 is 17.8 Å². The Bertz CT molecular complexity index is 1560. The number of nitrogens with zero attached hydrogens (tertiary/aromatic N) is 4.